The molecule has 0 aliphatic rings. The van der Waals surface area contributed by atoms with Gasteiger partial charge in [-0.2, -0.15) is 0 Å². The van der Waals surface area contributed by atoms with Crippen molar-refractivity contribution in [2.75, 3.05) is 7.11 Å². The Morgan fingerprint density at radius 2 is 1.89 bits per heavy atom. The number of methoxy groups -OCH3 is 1. The summed E-state index contributed by atoms with van der Waals surface area (Å²) in [5, 5.41) is 18.4. The van der Waals surface area contributed by atoms with Crippen molar-refractivity contribution in [2.24, 2.45) is 0 Å². The fourth-order valence-electron chi connectivity index (χ4n) is 3.03. The molecular weight excluding hydrogens is 603 g/mol. The Hall–Kier alpha value is -3.02. The number of thioether (sulfide) groups is 1. The zero-order valence-electron chi connectivity index (χ0n) is 18.3. The highest BCUT2D eigenvalue weighted by molar-refractivity contribution is 14.1. The number of rotatable bonds is 9. The fourth-order valence-corrected chi connectivity index (χ4v) is 4.61. The number of hydrogen-bond acceptors (Lipinski definition) is 7. The Morgan fingerprint density at radius 3 is 2.57 bits per heavy atom. The lowest BCUT2D eigenvalue weighted by molar-refractivity contribution is -0.131. The van der Waals surface area contributed by atoms with E-state index in [4.69, 9.17) is 25.5 Å². The Balaban J connectivity index is 1.55. The number of hydrogen-bond donors (Lipinski definition) is 1. The number of halogens is 2. The maximum Gasteiger partial charge on any atom is 0.342 e. The van der Waals surface area contributed by atoms with Crippen molar-refractivity contribution in [2.45, 2.75) is 11.8 Å². The van der Waals surface area contributed by atoms with Crippen LogP contribution in [0.1, 0.15) is 11.1 Å². The first-order valence-electron chi connectivity index (χ1n) is 10.2. The average Bonchev–Trinajstić information content (AvgIpc) is 3.32. The lowest BCUT2D eigenvalue weighted by Crippen LogP contribution is -2.01. The smallest absolute Gasteiger partial charge is 0.342 e. The molecule has 0 fully saturated rings. The van der Waals surface area contributed by atoms with Crippen molar-refractivity contribution in [1.82, 2.24) is 10.2 Å². The van der Waals surface area contributed by atoms with E-state index in [2.05, 4.69) is 32.8 Å². The van der Waals surface area contributed by atoms with Crippen molar-refractivity contribution in [3.8, 4) is 23.0 Å². The van der Waals surface area contributed by atoms with Crippen LogP contribution in [0.3, 0.4) is 0 Å². The predicted molar refractivity (Wildman–Crippen MR) is 143 cm³/mol. The molecule has 4 rings (SSSR count). The number of benzene rings is 3. The highest BCUT2D eigenvalue weighted by Gasteiger charge is 2.18. The lowest BCUT2D eigenvalue weighted by atomic mass is 10.2. The van der Waals surface area contributed by atoms with Crippen LogP contribution in [0.4, 0.5) is 0 Å². The largest absolute Gasteiger partial charge is 0.493 e. The van der Waals surface area contributed by atoms with Gasteiger partial charge in [-0.25, -0.2) is 4.79 Å². The molecule has 0 bridgehead atoms. The fraction of sp³-hybridized carbons (Fsp3) is 0.0800. The molecule has 0 amide bonds. The summed E-state index contributed by atoms with van der Waals surface area (Å²) in [6.07, 6.45) is 1.52. The van der Waals surface area contributed by atoms with Gasteiger partial charge in [-0.1, -0.05) is 41.9 Å². The number of ether oxygens (including phenoxy) is 2. The van der Waals surface area contributed by atoms with E-state index in [-0.39, 0.29) is 16.0 Å². The standard InChI is InChI=1S/C25H18ClIN2O5S/c1-32-20-12-16(11-19(27)22(20)33-14-15-5-3-2-4-6-15)13-21(24(30)31)35-25-29-28-23(34-25)17-7-9-18(26)10-8-17/h2-13H,14H2,1H3,(H,30,31)/b21-13-. The molecule has 0 saturated heterocycles. The highest BCUT2D eigenvalue weighted by Crippen LogP contribution is 2.37. The third-order valence-electron chi connectivity index (χ3n) is 4.68. The molecule has 3 aromatic carbocycles. The van der Waals surface area contributed by atoms with E-state index in [0.717, 1.165) is 20.9 Å². The van der Waals surface area contributed by atoms with E-state index in [9.17, 15) is 9.90 Å². The van der Waals surface area contributed by atoms with Crippen LogP contribution in [0, 0.1) is 3.57 Å². The van der Waals surface area contributed by atoms with Gasteiger partial charge >= 0.3 is 5.97 Å². The number of aromatic nitrogens is 2. The second kappa shape index (κ2) is 11.6. The molecule has 0 aliphatic heterocycles. The number of carboxylic acid groups (broad SMARTS) is 1. The number of aliphatic carboxylic acids is 1. The highest BCUT2D eigenvalue weighted by atomic mass is 127. The van der Waals surface area contributed by atoms with E-state index in [1.165, 1.54) is 13.2 Å². The van der Waals surface area contributed by atoms with E-state index in [1.807, 2.05) is 36.4 Å². The van der Waals surface area contributed by atoms with Crippen molar-refractivity contribution in [1.29, 1.82) is 0 Å². The Morgan fingerprint density at radius 1 is 1.14 bits per heavy atom. The molecule has 10 heteroatoms. The van der Waals surface area contributed by atoms with Crippen LogP contribution in [0.2, 0.25) is 5.02 Å². The van der Waals surface area contributed by atoms with E-state index >= 15 is 0 Å². The summed E-state index contributed by atoms with van der Waals surface area (Å²) in [7, 11) is 1.54. The van der Waals surface area contributed by atoms with Crippen LogP contribution >= 0.6 is 46.0 Å². The molecule has 0 atom stereocenters. The second-order valence-electron chi connectivity index (χ2n) is 7.10. The summed E-state index contributed by atoms with van der Waals surface area (Å²) in [5.74, 6) is 0.226. The molecule has 0 radical (unpaired) electrons. The van der Waals surface area contributed by atoms with Gasteiger partial charge in [-0.15, -0.1) is 10.2 Å². The van der Waals surface area contributed by atoms with Gasteiger partial charge in [0, 0.05) is 10.6 Å². The molecule has 0 saturated carbocycles. The van der Waals surface area contributed by atoms with Gasteiger partial charge in [0.05, 0.1) is 10.7 Å². The quantitative estimate of drug-likeness (QED) is 0.124. The maximum atomic E-state index is 11.9. The zero-order valence-corrected chi connectivity index (χ0v) is 22.0. The normalized spacial score (nSPS) is 11.3. The van der Waals surface area contributed by atoms with Gasteiger partial charge in [0.2, 0.25) is 5.89 Å². The molecule has 0 aliphatic carbocycles. The minimum atomic E-state index is -1.13. The summed E-state index contributed by atoms with van der Waals surface area (Å²) >= 11 is 8.91. The summed E-state index contributed by atoms with van der Waals surface area (Å²) in [4.78, 5) is 11.9. The topological polar surface area (TPSA) is 94.7 Å². The van der Waals surface area contributed by atoms with Gasteiger partial charge in [-0.05, 0) is 88.0 Å². The number of nitrogens with zero attached hydrogens (tertiary/aromatic N) is 2. The Bertz CT molecular complexity index is 1360. The SMILES string of the molecule is COc1cc(/C=C(\Sc2nnc(-c3ccc(Cl)cc3)o2)C(=O)O)cc(I)c1OCc1ccccc1. The Labute approximate surface area is 224 Å². The van der Waals surface area contributed by atoms with Crippen LogP contribution in [-0.2, 0) is 11.4 Å². The van der Waals surface area contributed by atoms with Crippen LogP contribution in [0.5, 0.6) is 11.5 Å². The molecular formula is C25H18ClIN2O5S. The van der Waals surface area contributed by atoms with E-state index in [1.54, 1.807) is 30.3 Å². The number of carbonyl (C=O) groups is 1. The molecule has 0 unspecified atom stereocenters. The van der Waals surface area contributed by atoms with Gasteiger partial charge < -0.3 is 19.0 Å². The molecule has 1 heterocycles. The van der Waals surface area contributed by atoms with Crippen LogP contribution in [0.25, 0.3) is 17.5 Å². The first-order valence-corrected chi connectivity index (χ1v) is 12.5. The Kier molecular flexibility index (Phi) is 8.32. The van der Waals surface area contributed by atoms with Crippen LogP contribution in [0.15, 0.2) is 81.3 Å². The molecule has 7 nitrogen and oxygen atoms in total. The van der Waals surface area contributed by atoms with E-state index in [0.29, 0.717) is 34.3 Å². The third-order valence-corrected chi connectivity index (χ3v) is 6.59. The van der Waals surface area contributed by atoms with Gasteiger partial charge in [0.15, 0.2) is 11.5 Å². The predicted octanol–water partition coefficient (Wildman–Crippen LogP) is 6.80. The summed E-state index contributed by atoms with van der Waals surface area (Å²) in [6.45, 7) is 0.381. The monoisotopic (exact) mass is 620 g/mol. The van der Waals surface area contributed by atoms with Crippen molar-refractivity contribution < 1.29 is 23.8 Å². The molecule has 1 N–H and O–H groups in total. The van der Waals surface area contributed by atoms with Crippen LogP contribution in [-0.4, -0.2) is 28.4 Å². The zero-order chi connectivity index (χ0) is 24.8. The summed E-state index contributed by atoms with van der Waals surface area (Å²) in [5.41, 5.74) is 2.33. The second-order valence-corrected chi connectivity index (χ2v) is 9.70. The maximum absolute atomic E-state index is 11.9. The van der Waals surface area contributed by atoms with Gasteiger partial charge in [0.25, 0.3) is 5.22 Å². The van der Waals surface area contributed by atoms with Gasteiger partial charge in [0.1, 0.15) is 11.5 Å². The molecule has 0 spiro atoms. The number of carboxylic acids is 1. The molecule has 178 valence electrons. The van der Waals surface area contributed by atoms with Crippen LogP contribution < -0.4 is 9.47 Å². The molecule has 1 aromatic heterocycles. The van der Waals surface area contributed by atoms with Crippen molar-refractivity contribution >= 4 is 58.0 Å². The molecule has 4 aromatic rings. The lowest BCUT2D eigenvalue weighted by Gasteiger charge is -2.14. The van der Waals surface area contributed by atoms with E-state index < -0.39 is 5.97 Å². The molecule has 35 heavy (non-hydrogen) atoms. The summed E-state index contributed by atoms with van der Waals surface area (Å²) < 4.78 is 17.9. The minimum Gasteiger partial charge on any atom is -0.493 e. The van der Waals surface area contributed by atoms with Crippen molar-refractivity contribution in [3.05, 3.63) is 91.4 Å². The average molecular weight is 621 g/mol. The van der Waals surface area contributed by atoms with Gasteiger partial charge in [-0.3, -0.25) is 0 Å². The third kappa shape index (κ3) is 6.56. The van der Waals surface area contributed by atoms with Crippen molar-refractivity contribution in [3.63, 3.8) is 0 Å². The minimum absolute atomic E-state index is 0.00659. The first kappa shape index (κ1) is 25.1. The first-order chi connectivity index (χ1) is 16.9. The summed E-state index contributed by atoms with van der Waals surface area (Å²) in [6, 6.07) is 20.2.